The van der Waals surface area contributed by atoms with E-state index in [-0.39, 0.29) is 5.28 Å². The third kappa shape index (κ3) is 3.23. The molecule has 2 aromatic rings. The molecule has 1 saturated heterocycles. The maximum absolute atomic E-state index is 6.08. The molecule has 6 nitrogen and oxygen atoms in total. The van der Waals surface area contributed by atoms with Crippen LogP contribution in [0.25, 0.3) is 11.2 Å². The van der Waals surface area contributed by atoms with Crippen molar-refractivity contribution in [2.45, 2.75) is 27.3 Å². The molecule has 1 aliphatic heterocycles. The van der Waals surface area contributed by atoms with Gasteiger partial charge < -0.3 is 14.2 Å². The van der Waals surface area contributed by atoms with Crippen LogP contribution in [0.5, 0.6) is 0 Å². The first-order chi connectivity index (χ1) is 10.7. The number of nitrogens with zero attached hydrogens (tertiary/aromatic N) is 5. The zero-order valence-corrected chi connectivity index (χ0v) is 14.1. The molecule has 0 radical (unpaired) electrons. The van der Waals surface area contributed by atoms with E-state index in [1.807, 2.05) is 31.4 Å². The van der Waals surface area contributed by atoms with Crippen LogP contribution >= 0.6 is 11.6 Å². The maximum atomic E-state index is 6.08. The van der Waals surface area contributed by atoms with Gasteiger partial charge in [0.15, 0.2) is 17.0 Å². The highest BCUT2D eigenvalue weighted by atomic mass is 35.5. The fourth-order valence-corrected chi connectivity index (χ4v) is 2.57. The molecule has 0 unspecified atom stereocenters. The highest BCUT2D eigenvalue weighted by Crippen LogP contribution is 2.26. The Kier molecular flexibility index (Phi) is 5.74. The summed E-state index contributed by atoms with van der Waals surface area (Å²) in [5.41, 5.74) is 1.54. The number of ether oxygens (including phenoxy) is 1. The van der Waals surface area contributed by atoms with Gasteiger partial charge in [0.1, 0.15) is 5.82 Å². The number of aryl methyl sites for hydroxylation is 1. The van der Waals surface area contributed by atoms with Crippen LogP contribution in [-0.2, 0) is 11.3 Å². The van der Waals surface area contributed by atoms with Crippen LogP contribution in [0, 0.1) is 6.92 Å². The average molecular weight is 324 g/mol. The molecular weight excluding hydrogens is 302 g/mol. The van der Waals surface area contributed by atoms with Gasteiger partial charge >= 0.3 is 0 Å². The number of hydrogen-bond acceptors (Lipinski definition) is 5. The number of anilines is 1. The Morgan fingerprint density at radius 3 is 2.55 bits per heavy atom. The number of hydrogen-bond donors (Lipinski definition) is 0. The van der Waals surface area contributed by atoms with E-state index in [9.17, 15) is 0 Å². The van der Waals surface area contributed by atoms with Gasteiger partial charge in [-0.25, -0.2) is 4.98 Å². The van der Waals surface area contributed by atoms with Crippen LogP contribution < -0.4 is 4.90 Å². The molecule has 120 valence electrons. The third-order valence-corrected chi connectivity index (χ3v) is 3.53. The zero-order chi connectivity index (χ0) is 16.1. The van der Waals surface area contributed by atoms with Crippen LogP contribution in [0.1, 0.15) is 19.7 Å². The van der Waals surface area contributed by atoms with E-state index in [1.165, 1.54) is 0 Å². The quantitative estimate of drug-likeness (QED) is 0.642. The summed E-state index contributed by atoms with van der Waals surface area (Å²) in [6.07, 6.45) is 1.82. The van der Waals surface area contributed by atoms with E-state index < -0.39 is 0 Å². The number of allylic oxidation sites excluding steroid dienone is 1. The van der Waals surface area contributed by atoms with Crippen molar-refractivity contribution in [2.75, 3.05) is 31.2 Å². The topological polar surface area (TPSA) is 56.1 Å². The molecule has 0 aromatic carbocycles. The van der Waals surface area contributed by atoms with Crippen LogP contribution in [0.2, 0.25) is 5.28 Å². The molecule has 0 saturated carbocycles. The first kappa shape index (κ1) is 16.7. The van der Waals surface area contributed by atoms with Crippen molar-refractivity contribution in [1.82, 2.24) is 19.5 Å². The number of rotatable bonds is 3. The summed E-state index contributed by atoms with van der Waals surface area (Å²) in [7, 11) is 0. The van der Waals surface area contributed by atoms with Crippen LogP contribution in [0.4, 0.5) is 5.82 Å². The van der Waals surface area contributed by atoms with Crippen molar-refractivity contribution >= 4 is 28.6 Å². The van der Waals surface area contributed by atoms with Gasteiger partial charge in [0, 0.05) is 19.6 Å². The fraction of sp³-hybridized carbons (Fsp3) is 0.533. The lowest BCUT2D eigenvalue weighted by molar-refractivity contribution is 0.122. The molecule has 1 fully saturated rings. The first-order valence-electron chi connectivity index (χ1n) is 7.54. The Balaban J connectivity index is 0.000000847. The SMILES string of the molecule is C=CCn1c(C)nc2c(N3CCOCC3)nc(Cl)nc21.CC. The number of imidazole rings is 1. The van der Waals surface area contributed by atoms with Crippen molar-refractivity contribution in [3.63, 3.8) is 0 Å². The van der Waals surface area contributed by atoms with E-state index in [4.69, 9.17) is 16.3 Å². The third-order valence-electron chi connectivity index (χ3n) is 3.36. The van der Waals surface area contributed by atoms with Crippen molar-refractivity contribution in [1.29, 1.82) is 0 Å². The minimum atomic E-state index is 0.240. The molecule has 0 aliphatic carbocycles. The Labute approximate surface area is 135 Å². The molecule has 3 heterocycles. The highest BCUT2D eigenvalue weighted by Gasteiger charge is 2.21. The normalized spacial score (nSPS) is 14.6. The smallest absolute Gasteiger partial charge is 0.226 e. The minimum absolute atomic E-state index is 0.240. The van der Waals surface area contributed by atoms with E-state index in [1.54, 1.807) is 0 Å². The summed E-state index contributed by atoms with van der Waals surface area (Å²) in [5, 5.41) is 0.240. The number of aromatic nitrogens is 4. The zero-order valence-electron chi connectivity index (χ0n) is 13.3. The van der Waals surface area contributed by atoms with Crippen molar-refractivity contribution < 1.29 is 4.74 Å². The second-order valence-corrected chi connectivity index (χ2v) is 4.98. The molecule has 0 atom stereocenters. The Morgan fingerprint density at radius 2 is 1.91 bits per heavy atom. The molecule has 0 bridgehead atoms. The monoisotopic (exact) mass is 323 g/mol. The van der Waals surface area contributed by atoms with E-state index in [0.29, 0.717) is 19.8 Å². The van der Waals surface area contributed by atoms with Gasteiger partial charge in [-0.2, -0.15) is 9.97 Å². The van der Waals surface area contributed by atoms with Gasteiger partial charge in [-0.15, -0.1) is 6.58 Å². The predicted molar refractivity (Wildman–Crippen MR) is 89.6 cm³/mol. The standard InChI is InChI=1S/C13H16ClN5O.C2H6/c1-3-4-19-9(2)15-10-11(16-13(14)17-12(10)19)18-5-7-20-8-6-18;1-2/h3H,1,4-8H2,2H3;1-2H3. The molecule has 22 heavy (non-hydrogen) atoms. The fourth-order valence-electron chi connectivity index (χ4n) is 2.41. The summed E-state index contributed by atoms with van der Waals surface area (Å²) in [5.74, 6) is 1.67. The molecule has 3 rings (SSSR count). The first-order valence-corrected chi connectivity index (χ1v) is 7.92. The lowest BCUT2D eigenvalue weighted by atomic mass is 10.3. The average Bonchev–Trinajstić information content (AvgIpc) is 2.86. The lowest BCUT2D eigenvalue weighted by Gasteiger charge is -2.27. The van der Waals surface area contributed by atoms with Gasteiger partial charge in [0.05, 0.1) is 13.2 Å². The van der Waals surface area contributed by atoms with Crippen LogP contribution in [0.3, 0.4) is 0 Å². The van der Waals surface area contributed by atoms with Gasteiger partial charge in [-0.3, -0.25) is 0 Å². The molecule has 0 spiro atoms. The summed E-state index contributed by atoms with van der Waals surface area (Å²) in [6.45, 7) is 13.3. The van der Waals surface area contributed by atoms with E-state index in [2.05, 4.69) is 26.4 Å². The van der Waals surface area contributed by atoms with Gasteiger partial charge in [0.25, 0.3) is 0 Å². The van der Waals surface area contributed by atoms with Gasteiger partial charge in [0.2, 0.25) is 5.28 Å². The van der Waals surface area contributed by atoms with Crippen LogP contribution in [-0.4, -0.2) is 45.8 Å². The summed E-state index contributed by atoms with van der Waals surface area (Å²) >= 11 is 6.08. The predicted octanol–water partition coefficient (Wildman–Crippen LogP) is 2.84. The van der Waals surface area contributed by atoms with E-state index >= 15 is 0 Å². The van der Waals surface area contributed by atoms with Crippen LogP contribution in [0.15, 0.2) is 12.7 Å². The Hall–Kier alpha value is -1.66. The number of morpholine rings is 1. The molecule has 2 aromatic heterocycles. The molecule has 0 amide bonds. The second-order valence-electron chi connectivity index (χ2n) is 4.65. The maximum Gasteiger partial charge on any atom is 0.226 e. The largest absolute Gasteiger partial charge is 0.378 e. The summed E-state index contributed by atoms with van der Waals surface area (Å²) in [4.78, 5) is 15.4. The minimum Gasteiger partial charge on any atom is -0.378 e. The van der Waals surface area contributed by atoms with Gasteiger partial charge in [-0.05, 0) is 18.5 Å². The molecule has 1 aliphatic rings. The van der Waals surface area contributed by atoms with E-state index in [0.717, 1.165) is 35.9 Å². The molecular formula is C15H22ClN5O. The van der Waals surface area contributed by atoms with Crippen molar-refractivity contribution in [2.24, 2.45) is 0 Å². The van der Waals surface area contributed by atoms with Crippen molar-refractivity contribution in [3.05, 3.63) is 23.8 Å². The molecule has 7 heteroatoms. The molecule has 0 N–H and O–H groups in total. The van der Waals surface area contributed by atoms with Crippen molar-refractivity contribution in [3.8, 4) is 0 Å². The second kappa shape index (κ2) is 7.56. The summed E-state index contributed by atoms with van der Waals surface area (Å²) < 4.78 is 7.36. The lowest BCUT2D eigenvalue weighted by Crippen LogP contribution is -2.37. The van der Waals surface area contributed by atoms with Gasteiger partial charge in [-0.1, -0.05) is 19.9 Å². The highest BCUT2D eigenvalue weighted by molar-refractivity contribution is 6.28. The Bertz CT molecular complexity index is 649. The number of fused-ring (bicyclic) bond motifs is 1. The number of halogens is 1. The summed E-state index contributed by atoms with van der Waals surface area (Å²) in [6, 6.07) is 0. The Morgan fingerprint density at radius 1 is 1.23 bits per heavy atom.